The van der Waals surface area contributed by atoms with Gasteiger partial charge in [0.2, 0.25) is 0 Å². The van der Waals surface area contributed by atoms with Crippen LogP contribution in [-0.2, 0) is 0 Å². The van der Waals surface area contributed by atoms with Crippen LogP contribution in [0.5, 0.6) is 0 Å². The topological polar surface area (TPSA) is 29.3 Å². The van der Waals surface area contributed by atoms with Gasteiger partial charge in [-0.05, 0) is 43.0 Å². The first-order valence-corrected chi connectivity index (χ1v) is 6.94. The van der Waals surface area contributed by atoms with E-state index < -0.39 is 0 Å². The number of halogens is 1. The van der Waals surface area contributed by atoms with Crippen molar-refractivity contribution in [3.05, 3.63) is 35.6 Å². The van der Waals surface area contributed by atoms with Crippen molar-refractivity contribution < 1.29 is 4.39 Å². The van der Waals surface area contributed by atoms with E-state index in [1.165, 1.54) is 31.4 Å². The second-order valence-electron chi connectivity index (χ2n) is 5.21. The lowest BCUT2D eigenvalue weighted by Crippen LogP contribution is -2.40. The maximum atomic E-state index is 13.0. The van der Waals surface area contributed by atoms with E-state index in [1.807, 2.05) is 12.1 Å². The first-order valence-electron chi connectivity index (χ1n) is 6.94. The van der Waals surface area contributed by atoms with E-state index in [1.54, 1.807) is 0 Å². The zero-order valence-corrected chi connectivity index (χ0v) is 11.1. The third kappa shape index (κ3) is 3.09. The summed E-state index contributed by atoms with van der Waals surface area (Å²) in [6.07, 6.45) is 3.81. The van der Waals surface area contributed by atoms with E-state index in [4.69, 9.17) is 5.73 Å². The Hall–Kier alpha value is -0.930. The summed E-state index contributed by atoms with van der Waals surface area (Å²) < 4.78 is 13.0. The highest BCUT2D eigenvalue weighted by molar-refractivity contribution is 5.20. The summed E-state index contributed by atoms with van der Waals surface area (Å²) in [5.74, 6) is 0.604. The molecule has 0 spiro atoms. The molecule has 2 unspecified atom stereocenters. The predicted molar refractivity (Wildman–Crippen MR) is 72.8 cm³/mol. The van der Waals surface area contributed by atoms with Gasteiger partial charge in [0.15, 0.2) is 0 Å². The molecule has 0 aromatic heterocycles. The summed E-state index contributed by atoms with van der Waals surface area (Å²) in [5, 5.41) is 0. The lowest BCUT2D eigenvalue weighted by Gasteiger charge is -2.38. The van der Waals surface area contributed by atoms with E-state index in [0.29, 0.717) is 6.54 Å². The smallest absolute Gasteiger partial charge is 0.123 e. The number of nitrogens with zero attached hydrogens (tertiary/aromatic N) is 1. The van der Waals surface area contributed by atoms with Crippen LogP contribution in [0.3, 0.4) is 0 Å². The van der Waals surface area contributed by atoms with E-state index in [0.717, 1.165) is 24.6 Å². The van der Waals surface area contributed by atoms with E-state index in [2.05, 4.69) is 11.8 Å². The minimum Gasteiger partial charge on any atom is -0.329 e. The van der Waals surface area contributed by atoms with Crippen LogP contribution in [0.1, 0.15) is 37.8 Å². The van der Waals surface area contributed by atoms with Gasteiger partial charge in [-0.3, -0.25) is 4.90 Å². The number of piperidine rings is 1. The average molecular weight is 250 g/mol. The zero-order chi connectivity index (χ0) is 13.0. The van der Waals surface area contributed by atoms with Gasteiger partial charge in [-0.2, -0.15) is 0 Å². The highest BCUT2D eigenvalue weighted by Crippen LogP contribution is 2.27. The zero-order valence-electron chi connectivity index (χ0n) is 11.1. The van der Waals surface area contributed by atoms with Crippen LogP contribution in [0.25, 0.3) is 0 Å². The largest absolute Gasteiger partial charge is 0.329 e. The molecule has 2 nitrogen and oxygen atoms in total. The molecule has 100 valence electrons. The first-order chi connectivity index (χ1) is 8.74. The van der Waals surface area contributed by atoms with Crippen LogP contribution in [0.2, 0.25) is 0 Å². The monoisotopic (exact) mass is 250 g/mol. The molecule has 2 rings (SSSR count). The van der Waals surface area contributed by atoms with Crippen LogP contribution >= 0.6 is 0 Å². The Balaban J connectivity index is 2.10. The second-order valence-corrected chi connectivity index (χ2v) is 5.21. The van der Waals surface area contributed by atoms with Crippen LogP contribution in [0.15, 0.2) is 24.3 Å². The average Bonchev–Trinajstić information content (AvgIpc) is 2.42. The Morgan fingerprint density at radius 3 is 2.72 bits per heavy atom. The summed E-state index contributed by atoms with van der Waals surface area (Å²) in [6.45, 7) is 5.08. The predicted octanol–water partition coefficient (Wildman–Crippen LogP) is 2.95. The highest BCUT2D eigenvalue weighted by atomic mass is 19.1. The van der Waals surface area contributed by atoms with Crippen molar-refractivity contribution in [2.24, 2.45) is 11.7 Å². The molecule has 18 heavy (non-hydrogen) atoms. The van der Waals surface area contributed by atoms with Gasteiger partial charge >= 0.3 is 0 Å². The fourth-order valence-corrected chi connectivity index (χ4v) is 2.89. The van der Waals surface area contributed by atoms with Crippen LogP contribution < -0.4 is 5.73 Å². The molecule has 0 aliphatic carbocycles. The normalized spacial score (nSPS) is 22.9. The van der Waals surface area contributed by atoms with E-state index >= 15 is 0 Å². The minimum atomic E-state index is -0.181. The third-order valence-corrected chi connectivity index (χ3v) is 4.05. The number of hydrogen-bond donors (Lipinski definition) is 1. The molecular weight excluding hydrogens is 227 g/mol. The summed E-state index contributed by atoms with van der Waals surface area (Å²) in [4.78, 5) is 2.46. The molecule has 0 amide bonds. The number of rotatable bonds is 4. The van der Waals surface area contributed by atoms with Gasteiger partial charge in [-0.1, -0.05) is 25.5 Å². The molecule has 2 N–H and O–H groups in total. The number of nitrogens with two attached hydrogens (primary N) is 1. The standard InChI is InChI=1S/C15H23FN2/c1-2-12-4-3-9-18(11-12)15(10-17)13-5-7-14(16)8-6-13/h5-8,12,15H,2-4,9-11,17H2,1H3. The van der Waals surface area contributed by atoms with Crippen molar-refractivity contribution in [1.29, 1.82) is 0 Å². The number of hydrogen-bond acceptors (Lipinski definition) is 2. The van der Waals surface area contributed by atoms with Crippen molar-refractivity contribution >= 4 is 0 Å². The van der Waals surface area contributed by atoms with Gasteiger partial charge < -0.3 is 5.73 Å². The Bertz CT molecular complexity index is 363. The van der Waals surface area contributed by atoms with Gasteiger partial charge in [-0.25, -0.2) is 4.39 Å². The van der Waals surface area contributed by atoms with Gasteiger partial charge in [0.25, 0.3) is 0 Å². The van der Waals surface area contributed by atoms with Gasteiger partial charge in [-0.15, -0.1) is 0 Å². The van der Waals surface area contributed by atoms with Crippen molar-refractivity contribution in [2.75, 3.05) is 19.6 Å². The third-order valence-electron chi connectivity index (χ3n) is 4.05. The van der Waals surface area contributed by atoms with Crippen molar-refractivity contribution in [3.8, 4) is 0 Å². The van der Waals surface area contributed by atoms with Gasteiger partial charge in [0.1, 0.15) is 5.82 Å². The maximum Gasteiger partial charge on any atom is 0.123 e. The number of likely N-dealkylation sites (tertiary alicyclic amines) is 1. The Morgan fingerprint density at radius 2 is 2.11 bits per heavy atom. The Kier molecular flexibility index (Phi) is 4.72. The summed E-state index contributed by atoms with van der Waals surface area (Å²) >= 11 is 0. The molecule has 3 heteroatoms. The molecule has 1 aliphatic heterocycles. The highest BCUT2D eigenvalue weighted by Gasteiger charge is 2.25. The van der Waals surface area contributed by atoms with Crippen LogP contribution in [0, 0.1) is 11.7 Å². The molecule has 1 saturated heterocycles. The molecule has 1 aromatic carbocycles. The molecular formula is C15H23FN2. The van der Waals surface area contributed by atoms with Crippen molar-refractivity contribution in [3.63, 3.8) is 0 Å². The quantitative estimate of drug-likeness (QED) is 0.890. The first kappa shape index (κ1) is 13.5. The summed E-state index contributed by atoms with van der Waals surface area (Å²) in [7, 11) is 0. The van der Waals surface area contributed by atoms with E-state index in [-0.39, 0.29) is 11.9 Å². The lowest BCUT2D eigenvalue weighted by molar-refractivity contribution is 0.124. The fraction of sp³-hybridized carbons (Fsp3) is 0.600. The maximum absolute atomic E-state index is 13.0. The van der Waals surface area contributed by atoms with Crippen molar-refractivity contribution in [2.45, 2.75) is 32.2 Å². The number of benzene rings is 1. The molecule has 1 heterocycles. The second kappa shape index (κ2) is 6.30. The molecule has 1 fully saturated rings. The van der Waals surface area contributed by atoms with Gasteiger partial charge in [0.05, 0.1) is 0 Å². The van der Waals surface area contributed by atoms with E-state index in [9.17, 15) is 4.39 Å². The summed E-state index contributed by atoms with van der Waals surface area (Å²) in [5.41, 5.74) is 7.06. The Morgan fingerprint density at radius 1 is 1.39 bits per heavy atom. The summed E-state index contributed by atoms with van der Waals surface area (Å²) in [6, 6.07) is 7.02. The molecule has 0 bridgehead atoms. The molecule has 2 atom stereocenters. The SMILES string of the molecule is CCC1CCCN(C(CN)c2ccc(F)cc2)C1. The lowest BCUT2D eigenvalue weighted by atomic mass is 9.93. The minimum absolute atomic E-state index is 0.181. The van der Waals surface area contributed by atoms with Crippen LogP contribution in [-0.4, -0.2) is 24.5 Å². The van der Waals surface area contributed by atoms with Crippen LogP contribution in [0.4, 0.5) is 4.39 Å². The molecule has 0 saturated carbocycles. The van der Waals surface area contributed by atoms with Crippen molar-refractivity contribution in [1.82, 2.24) is 4.90 Å². The molecule has 1 aliphatic rings. The fourth-order valence-electron chi connectivity index (χ4n) is 2.89. The van der Waals surface area contributed by atoms with Gasteiger partial charge in [0, 0.05) is 19.1 Å². The molecule has 1 aromatic rings. The Labute approximate surface area is 109 Å². The molecule has 0 radical (unpaired) electrons.